The third-order valence-electron chi connectivity index (χ3n) is 3.60. The van der Waals surface area contributed by atoms with E-state index in [0.29, 0.717) is 11.9 Å². The Balaban J connectivity index is 2.01. The van der Waals surface area contributed by atoms with E-state index in [1.54, 1.807) is 0 Å². The summed E-state index contributed by atoms with van der Waals surface area (Å²) in [7, 11) is 0. The molecule has 0 aromatic heterocycles. The second-order valence-electron chi connectivity index (χ2n) is 5.67. The summed E-state index contributed by atoms with van der Waals surface area (Å²) in [6, 6.07) is 0. The highest BCUT2D eigenvalue weighted by Crippen LogP contribution is 2.23. The third kappa shape index (κ3) is 5.23. The minimum atomic E-state index is -0.219. The highest BCUT2D eigenvalue weighted by atomic mass is 16.5. The first-order valence-electron chi connectivity index (χ1n) is 6.86. The van der Waals surface area contributed by atoms with Crippen molar-refractivity contribution < 1.29 is 9.94 Å². The first-order chi connectivity index (χ1) is 8.56. The summed E-state index contributed by atoms with van der Waals surface area (Å²) in [4.78, 5) is 0. The zero-order valence-electron chi connectivity index (χ0n) is 11.6. The molecule has 18 heavy (non-hydrogen) atoms. The van der Waals surface area contributed by atoms with Crippen LogP contribution in [0, 0.1) is 5.41 Å². The Labute approximate surface area is 110 Å². The van der Waals surface area contributed by atoms with Crippen molar-refractivity contribution in [3.63, 3.8) is 0 Å². The highest BCUT2D eigenvalue weighted by molar-refractivity contribution is 5.85. The number of hydrogen-bond donors (Lipinski definition) is 3. The smallest absolute Gasteiger partial charge is 0.144 e. The topological polar surface area (TPSA) is 79.9 Å². The van der Waals surface area contributed by atoms with Crippen LogP contribution in [0.2, 0.25) is 0 Å². The van der Waals surface area contributed by atoms with Crippen LogP contribution in [-0.2, 0) is 4.74 Å². The molecule has 0 bridgehead atoms. The maximum atomic E-state index is 8.67. The summed E-state index contributed by atoms with van der Waals surface area (Å²) in [6.07, 6.45) is 5.91. The summed E-state index contributed by atoms with van der Waals surface area (Å²) in [5, 5.41) is 15.2. The Morgan fingerprint density at radius 1 is 1.50 bits per heavy atom. The minimum absolute atomic E-state index is 0.219. The Morgan fingerprint density at radius 3 is 2.89 bits per heavy atom. The number of nitrogens with two attached hydrogens (primary N) is 1. The minimum Gasteiger partial charge on any atom is -0.409 e. The van der Waals surface area contributed by atoms with E-state index in [1.165, 1.54) is 12.8 Å². The molecule has 0 amide bonds. The van der Waals surface area contributed by atoms with Gasteiger partial charge in [0.25, 0.3) is 0 Å². The lowest BCUT2D eigenvalue weighted by Crippen LogP contribution is -2.32. The van der Waals surface area contributed by atoms with Gasteiger partial charge >= 0.3 is 0 Å². The lowest BCUT2D eigenvalue weighted by atomic mass is 9.86. The average molecular weight is 257 g/mol. The summed E-state index contributed by atoms with van der Waals surface area (Å²) in [6.45, 7) is 6.89. The molecule has 1 heterocycles. The van der Waals surface area contributed by atoms with Crippen molar-refractivity contribution >= 4 is 5.84 Å². The van der Waals surface area contributed by atoms with E-state index in [9.17, 15) is 0 Å². The summed E-state index contributed by atoms with van der Waals surface area (Å²) >= 11 is 0. The molecular weight excluding hydrogens is 230 g/mol. The number of unbranched alkanes of at least 4 members (excludes halogenated alkanes) is 1. The highest BCUT2D eigenvalue weighted by Gasteiger charge is 2.22. The number of amidine groups is 1. The van der Waals surface area contributed by atoms with Gasteiger partial charge in [-0.1, -0.05) is 25.4 Å². The fraction of sp³-hybridized carbons (Fsp3) is 0.923. The molecule has 0 spiro atoms. The van der Waals surface area contributed by atoms with Crippen LogP contribution < -0.4 is 11.1 Å². The monoisotopic (exact) mass is 257 g/mol. The molecule has 0 aliphatic carbocycles. The van der Waals surface area contributed by atoms with Gasteiger partial charge in [0.2, 0.25) is 0 Å². The molecule has 5 nitrogen and oxygen atoms in total. The Bertz CT molecular complexity index is 261. The van der Waals surface area contributed by atoms with E-state index >= 15 is 0 Å². The number of rotatable bonds is 8. The molecule has 1 aliphatic heterocycles. The Morgan fingerprint density at radius 2 is 2.28 bits per heavy atom. The van der Waals surface area contributed by atoms with Gasteiger partial charge in [-0.3, -0.25) is 0 Å². The van der Waals surface area contributed by atoms with Crippen molar-refractivity contribution in [3.8, 4) is 0 Å². The van der Waals surface area contributed by atoms with Crippen LogP contribution in [0.15, 0.2) is 5.16 Å². The van der Waals surface area contributed by atoms with Gasteiger partial charge in [-0.15, -0.1) is 0 Å². The maximum Gasteiger partial charge on any atom is 0.144 e. The number of nitrogens with one attached hydrogen (secondary N) is 1. The van der Waals surface area contributed by atoms with Crippen LogP contribution in [0.5, 0.6) is 0 Å². The zero-order chi connectivity index (χ0) is 13.4. The van der Waals surface area contributed by atoms with Crippen molar-refractivity contribution in [2.24, 2.45) is 16.3 Å². The predicted molar refractivity (Wildman–Crippen MR) is 72.9 cm³/mol. The molecule has 1 atom stereocenters. The van der Waals surface area contributed by atoms with Crippen LogP contribution >= 0.6 is 0 Å². The summed E-state index contributed by atoms with van der Waals surface area (Å²) in [5.41, 5.74) is 5.42. The van der Waals surface area contributed by atoms with Gasteiger partial charge in [0.05, 0.1) is 6.10 Å². The van der Waals surface area contributed by atoms with Crippen LogP contribution in [0.3, 0.4) is 0 Å². The second kappa shape index (κ2) is 7.59. The second-order valence-corrected chi connectivity index (χ2v) is 5.67. The number of ether oxygens (including phenoxy) is 1. The molecule has 0 radical (unpaired) electrons. The van der Waals surface area contributed by atoms with E-state index in [0.717, 1.165) is 39.0 Å². The molecule has 1 saturated heterocycles. The van der Waals surface area contributed by atoms with Gasteiger partial charge in [0, 0.05) is 18.6 Å². The molecule has 0 aromatic carbocycles. The van der Waals surface area contributed by atoms with Crippen LogP contribution in [0.4, 0.5) is 0 Å². The lowest BCUT2D eigenvalue weighted by molar-refractivity contribution is 0.110. The number of oxime groups is 1. The number of nitrogens with zero attached hydrogens (tertiary/aromatic N) is 1. The van der Waals surface area contributed by atoms with E-state index in [2.05, 4.69) is 10.5 Å². The molecular formula is C13H27N3O2. The normalized spacial score (nSPS) is 21.4. The SMILES string of the molecule is CC(C)(CCCCNCC1CCCO1)C(N)=NO. The van der Waals surface area contributed by atoms with Crippen molar-refractivity contribution in [2.45, 2.75) is 52.1 Å². The summed E-state index contributed by atoms with van der Waals surface area (Å²) < 4.78 is 5.54. The molecule has 1 fully saturated rings. The average Bonchev–Trinajstić information content (AvgIpc) is 2.85. The number of hydrogen-bond acceptors (Lipinski definition) is 4. The van der Waals surface area contributed by atoms with Gasteiger partial charge in [0.1, 0.15) is 5.84 Å². The van der Waals surface area contributed by atoms with Crippen molar-refractivity contribution in [1.82, 2.24) is 5.32 Å². The fourth-order valence-corrected chi connectivity index (χ4v) is 2.15. The van der Waals surface area contributed by atoms with E-state index < -0.39 is 0 Å². The lowest BCUT2D eigenvalue weighted by Gasteiger charge is -2.22. The standard InChI is InChI=1S/C13H27N3O2/c1-13(2,12(14)16-17)7-3-4-8-15-10-11-6-5-9-18-11/h11,15,17H,3-10H2,1-2H3,(H2,14,16). The molecule has 1 unspecified atom stereocenters. The van der Waals surface area contributed by atoms with Crippen molar-refractivity contribution in [3.05, 3.63) is 0 Å². The Hall–Kier alpha value is -0.810. The molecule has 1 rings (SSSR count). The zero-order valence-corrected chi connectivity index (χ0v) is 11.6. The Kier molecular flexibility index (Phi) is 6.43. The molecule has 0 aromatic rings. The largest absolute Gasteiger partial charge is 0.409 e. The van der Waals surface area contributed by atoms with Crippen LogP contribution in [0.1, 0.15) is 46.0 Å². The predicted octanol–water partition coefficient (Wildman–Crippen LogP) is 1.70. The molecule has 5 heteroatoms. The molecule has 106 valence electrons. The molecule has 4 N–H and O–H groups in total. The van der Waals surface area contributed by atoms with Gasteiger partial charge in [-0.05, 0) is 32.2 Å². The van der Waals surface area contributed by atoms with E-state index in [-0.39, 0.29) is 5.41 Å². The first kappa shape index (κ1) is 15.2. The van der Waals surface area contributed by atoms with Crippen LogP contribution in [-0.4, -0.2) is 36.8 Å². The molecule has 0 saturated carbocycles. The quantitative estimate of drug-likeness (QED) is 0.203. The maximum absolute atomic E-state index is 8.67. The fourth-order valence-electron chi connectivity index (χ4n) is 2.15. The van der Waals surface area contributed by atoms with Crippen molar-refractivity contribution in [2.75, 3.05) is 19.7 Å². The van der Waals surface area contributed by atoms with Gasteiger partial charge < -0.3 is 21.0 Å². The van der Waals surface area contributed by atoms with E-state index in [4.69, 9.17) is 15.7 Å². The summed E-state index contributed by atoms with van der Waals surface area (Å²) in [5.74, 6) is 0.315. The first-order valence-corrected chi connectivity index (χ1v) is 6.86. The third-order valence-corrected chi connectivity index (χ3v) is 3.60. The van der Waals surface area contributed by atoms with Crippen LogP contribution in [0.25, 0.3) is 0 Å². The van der Waals surface area contributed by atoms with Gasteiger partial charge in [0.15, 0.2) is 0 Å². The van der Waals surface area contributed by atoms with E-state index in [1.807, 2.05) is 13.8 Å². The molecule has 1 aliphatic rings. The van der Waals surface area contributed by atoms with Crippen molar-refractivity contribution in [1.29, 1.82) is 0 Å². The van der Waals surface area contributed by atoms with Gasteiger partial charge in [-0.2, -0.15) is 0 Å². The van der Waals surface area contributed by atoms with Gasteiger partial charge in [-0.25, -0.2) is 0 Å².